The average molecular weight is 283 g/mol. The zero-order valence-corrected chi connectivity index (χ0v) is 10.5. The zero-order valence-electron chi connectivity index (χ0n) is 10.5. The third kappa shape index (κ3) is 3.36. The molecule has 2 rings (SSSR count). The van der Waals surface area contributed by atoms with Gasteiger partial charge < -0.3 is 5.73 Å². The number of nitrogens with two attached hydrogens (primary N) is 1. The van der Waals surface area contributed by atoms with Gasteiger partial charge in [0.25, 0.3) is 0 Å². The molecule has 0 saturated heterocycles. The van der Waals surface area contributed by atoms with Crippen LogP contribution in [-0.4, -0.2) is 0 Å². The molecule has 0 spiro atoms. The average Bonchev–Trinajstić information content (AvgIpc) is 2.38. The molecule has 0 aliphatic carbocycles. The maximum Gasteiger partial charge on any atom is 0.419 e. The van der Waals surface area contributed by atoms with Crippen LogP contribution in [0.1, 0.15) is 22.7 Å². The van der Waals surface area contributed by atoms with Crippen molar-refractivity contribution < 1.29 is 17.6 Å². The third-order valence-electron chi connectivity index (χ3n) is 3.03. The first-order valence-corrected chi connectivity index (χ1v) is 6.04. The Hall–Kier alpha value is -1.88. The molecular weight excluding hydrogens is 270 g/mol. The Bertz CT molecular complexity index is 578. The highest BCUT2D eigenvalue weighted by molar-refractivity contribution is 5.29. The van der Waals surface area contributed by atoms with Crippen molar-refractivity contribution in [3.8, 4) is 0 Å². The van der Waals surface area contributed by atoms with Gasteiger partial charge in [-0.1, -0.05) is 36.4 Å². The first-order chi connectivity index (χ1) is 9.38. The summed E-state index contributed by atoms with van der Waals surface area (Å²) in [6.45, 7) is 0. The molecule has 0 fully saturated rings. The van der Waals surface area contributed by atoms with E-state index in [0.29, 0.717) is 12.0 Å². The zero-order chi connectivity index (χ0) is 14.8. The fourth-order valence-electron chi connectivity index (χ4n) is 1.98. The van der Waals surface area contributed by atoms with Gasteiger partial charge in [-0.3, -0.25) is 0 Å². The highest BCUT2D eigenvalue weighted by Gasteiger charge is 2.34. The largest absolute Gasteiger partial charge is 0.419 e. The van der Waals surface area contributed by atoms with Gasteiger partial charge in [-0.25, -0.2) is 4.39 Å². The van der Waals surface area contributed by atoms with Crippen molar-refractivity contribution in [3.63, 3.8) is 0 Å². The van der Waals surface area contributed by atoms with Gasteiger partial charge in [0.05, 0.1) is 5.56 Å². The van der Waals surface area contributed by atoms with Crippen LogP contribution in [0.3, 0.4) is 0 Å². The molecule has 5 heteroatoms. The second kappa shape index (κ2) is 5.63. The van der Waals surface area contributed by atoms with Gasteiger partial charge in [-0.2, -0.15) is 13.2 Å². The topological polar surface area (TPSA) is 26.0 Å². The lowest BCUT2D eigenvalue weighted by molar-refractivity contribution is -0.140. The molecule has 0 heterocycles. The van der Waals surface area contributed by atoms with Crippen LogP contribution in [0.25, 0.3) is 0 Å². The van der Waals surface area contributed by atoms with Crippen LogP contribution in [0.15, 0.2) is 48.5 Å². The van der Waals surface area contributed by atoms with Crippen molar-refractivity contribution in [1.82, 2.24) is 0 Å². The van der Waals surface area contributed by atoms with E-state index in [0.717, 1.165) is 17.7 Å². The summed E-state index contributed by atoms with van der Waals surface area (Å²) < 4.78 is 50.8. The molecule has 1 unspecified atom stereocenters. The molecule has 0 aromatic heterocycles. The van der Waals surface area contributed by atoms with Gasteiger partial charge >= 0.3 is 6.18 Å². The Morgan fingerprint density at radius 2 is 1.65 bits per heavy atom. The second-order valence-corrected chi connectivity index (χ2v) is 4.53. The summed E-state index contributed by atoms with van der Waals surface area (Å²) >= 11 is 0. The summed E-state index contributed by atoms with van der Waals surface area (Å²) in [6, 6.07) is 11.5. The fourth-order valence-corrected chi connectivity index (χ4v) is 1.98. The summed E-state index contributed by atoms with van der Waals surface area (Å²) in [4.78, 5) is 0. The molecular formula is C15H13F4N. The van der Waals surface area contributed by atoms with Crippen LogP contribution < -0.4 is 5.73 Å². The van der Waals surface area contributed by atoms with Gasteiger partial charge in [0, 0.05) is 6.04 Å². The van der Waals surface area contributed by atoms with Crippen molar-refractivity contribution in [2.75, 3.05) is 0 Å². The second-order valence-electron chi connectivity index (χ2n) is 4.53. The lowest BCUT2D eigenvalue weighted by Gasteiger charge is -2.14. The maximum atomic E-state index is 13.5. The normalized spacial score (nSPS) is 13.2. The summed E-state index contributed by atoms with van der Waals surface area (Å²) in [6.07, 6.45) is -4.25. The molecule has 2 N–H and O–H groups in total. The van der Waals surface area contributed by atoms with Gasteiger partial charge in [-0.15, -0.1) is 0 Å². The predicted octanol–water partition coefficient (Wildman–Crippen LogP) is 4.09. The van der Waals surface area contributed by atoms with Crippen molar-refractivity contribution in [2.24, 2.45) is 5.73 Å². The van der Waals surface area contributed by atoms with Crippen LogP contribution >= 0.6 is 0 Å². The Labute approximate surface area is 114 Å². The molecule has 0 amide bonds. The van der Waals surface area contributed by atoms with Gasteiger partial charge in [0.2, 0.25) is 0 Å². The first-order valence-electron chi connectivity index (χ1n) is 6.04. The van der Waals surface area contributed by atoms with E-state index < -0.39 is 23.6 Å². The molecule has 20 heavy (non-hydrogen) atoms. The molecule has 2 aromatic rings. The number of hydrogen-bond donors (Lipinski definition) is 1. The lowest BCUT2D eigenvalue weighted by atomic mass is 9.98. The summed E-state index contributed by atoms with van der Waals surface area (Å²) in [5, 5.41) is 0. The lowest BCUT2D eigenvalue weighted by Crippen LogP contribution is -2.15. The molecule has 0 radical (unpaired) electrons. The molecule has 0 aliphatic heterocycles. The molecule has 1 nitrogen and oxygen atoms in total. The van der Waals surface area contributed by atoms with Crippen LogP contribution in [0.4, 0.5) is 17.6 Å². The standard InChI is InChI=1S/C15H13F4N/c16-13-9-11(6-7-12(13)15(17,18)19)14(20)8-10-4-2-1-3-5-10/h1-7,9,14H,8,20H2. The Morgan fingerprint density at radius 3 is 2.20 bits per heavy atom. The minimum Gasteiger partial charge on any atom is -0.324 e. The number of benzene rings is 2. The molecule has 106 valence electrons. The van der Waals surface area contributed by atoms with Gasteiger partial charge in [-0.05, 0) is 29.7 Å². The highest BCUT2D eigenvalue weighted by atomic mass is 19.4. The summed E-state index contributed by atoms with van der Waals surface area (Å²) in [5.74, 6) is -1.29. The smallest absolute Gasteiger partial charge is 0.324 e. The summed E-state index contributed by atoms with van der Waals surface area (Å²) in [7, 11) is 0. The number of rotatable bonds is 3. The van der Waals surface area contributed by atoms with E-state index in [1.807, 2.05) is 30.3 Å². The van der Waals surface area contributed by atoms with E-state index in [4.69, 9.17) is 5.73 Å². The van der Waals surface area contributed by atoms with E-state index in [1.165, 1.54) is 6.07 Å². The highest BCUT2D eigenvalue weighted by Crippen LogP contribution is 2.32. The molecule has 0 saturated carbocycles. The minimum atomic E-state index is -4.69. The van der Waals surface area contributed by atoms with E-state index in [-0.39, 0.29) is 0 Å². The van der Waals surface area contributed by atoms with Crippen LogP contribution in [-0.2, 0) is 12.6 Å². The van der Waals surface area contributed by atoms with E-state index in [2.05, 4.69) is 0 Å². The van der Waals surface area contributed by atoms with Crippen molar-refractivity contribution in [1.29, 1.82) is 0 Å². The number of halogens is 4. The number of hydrogen-bond acceptors (Lipinski definition) is 1. The predicted molar refractivity (Wildman–Crippen MR) is 68.5 cm³/mol. The quantitative estimate of drug-likeness (QED) is 0.844. The number of alkyl halides is 3. The third-order valence-corrected chi connectivity index (χ3v) is 3.03. The van der Waals surface area contributed by atoms with Crippen LogP contribution in [0.2, 0.25) is 0 Å². The Kier molecular flexibility index (Phi) is 4.09. The maximum absolute atomic E-state index is 13.5. The molecule has 2 aromatic carbocycles. The fraction of sp³-hybridized carbons (Fsp3) is 0.200. The van der Waals surface area contributed by atoms with E-state index >= 15 is 0 Å². The van der Waals surface area contributed by atoms with Crippen molar-refractivity contribution in [3.05, 3.63) is 71.0 Å². The Balaban J connectivity index is 2.19. The van der Waals surface area contributed by atoms with E-state index in [9.17, 15) is 17.6 Å². The van der Waals surface area contributed by atoms with E-state index in [1.54, 1.807) is 0 Å². The van der Waals surface area contributed by atoms with Crippen LogP contribution in [0, 0.1) is 5.82 Å². The Morgan fingerprint density at radius 1 is 1.00 bits per heavy atom. The molecule has 1 atom stereocenters. The van der Waals surface area contributed by atoms with Crippen molar-refractivity contribution in [2.45, 2.75) is 18.6 Å². The summed E-state index contributed by atoms with van der Waals surface area (Å²) in [5.41, 5.74) is 5.93. The van der Waals surface area contributed by atoms with Gasteiger partial charge in [0.15, 0.2) is 0 Å². The first kappa shape index (κ1) is 14.5. The van der Waals surface area contributed by atoms with Gasteiger partial charge in [0.1, 0.15) is 5.82 Å². The SMILES string of the molecule is NC(Cc1ccccc1)c1ccc(C(F)(F)F)c(F)c1. The monoisotopic (exact) mass is 283 g/mol. The molecule has 0 bridgehead atoms. The van der Waals surface area contributed by atoms with Crippen LogP contribution in [0.5, 0.6) is 0 Å². The minimum absolute atomic E-state index is 0.347. The van der Waals surface area contributed by atoms with Crippen molar-refractivity contribution >= 4 is 0 Å². The molecule has 0 aliphatic rings.